The molecule has 6 nitrogen and oxygen atoms in total. The van der Waals surface area contributed by atoms with Crippen LogP contribution < -0.4 is 15.6 Å². The molecule has 1 aromatic heterocycles. The third kappa shape index (κ3) is 3.40. The fraction of sp³-hybridized carbons (Fsp3) is 0.150. The summed E-state index contributed by atoms with van der Waals surface area (Å²) in [6, 6.07) is 12.3. The van der Waals surface area contributed by atoms with Crippen LogP contribution in [0.2, 0.25) is 0 Å². The van der Waals surface area contributed by atoms with Gasteiger partial charge >= 0.3 is 6.18 Å². The number of nitrogens with zero attached hydrogens (tertiary/aromatic N) is 1. The summed E-state index contributed by atoms with van der Waals surface area (Å²) in [5.74, 6) is 2.68. The molecular formula is C20H15F3N4O2. The molecule has 2 aromatic carbocycles. The van der Waals surface area contributed by atoms with Gasteiger partial charge in [-0.15, -0.1) is 6.42 Å². The van der Waals surface area contributed by atoms with Crippen molar-refractivity contribution in [1.29, 1.82) is 0 Å². The van der Waals surface area contributed by atoms with Gasteiger partial charge in [0.05, 0.1) is 11.4 Å². The predicted octanol–water partition coefficient (Wildman–Crippen LogP) is 3.28. The van der Waals surface area contributed by atoms with Crippen LogP contribution in [0.15, 0.2) is 48.5 Å². The third-order valence-corrected chi connectivity index (χ3v) is 4.55. The lowest BCUT2D eigenvalue weighted by atomic mass is 9.99. The summed E-state index contributed by atoms with van der Waals surface area (Å²) in [4.78, 5) is 0. The van der Waals surface area contributed by atoms with Crippen LogP contribution in [0.25, 0.3) is 22.5 Å². The van der Waals surface area contributed by atoms with Crippen LogP contribution >= 0.6 is 0 Å². The summed E-state index contributed by atoms with van der Waals surface area (Å²) < 4.78 is 45.2. The first kappa shape index (κ1) is 18.9. The Balaban J connectivity index is 1.62. The quantitative estimate of drug-likeness (QED) is 0.389. The zero-order valence-corrected chi connectivity index (χ0v) is 14.8. The number of aromatic amines is 1. The van der Waals surface area contributed by atoms with Gasteiger partial charge in [-0.05, 0) is 35.4 Å². The number of nitrogens with one attached hydrogen (secondary N) is 3. The maximum absolute atomic E-state index is 13.3. The molecule has 1 saturated heterocycles. The van der Waals surface area contributed by atoms with Crippen LogP contribution in [0.5, 0.6) is 11.5 Å². The monoisotopic (exact) mass is 400 g/mol. The van der Waals surface area contributed by atoms with E-state index in [1.54, 1.807) is 24.3 Å². The van der Waals surface area contributed by atoms with Crippen LogP contribution in [0.3, 0.4) is 0 Å². The molecule has 0 spiro atoms. The molecule has 0 unspecified atom stereocenters. The first-order valence-corrected chi connectivity index (χ1v) is 8.51. The molecule has 9 heteroatoms. The molecule has 148 valence electrons. The van der Waals surface area contributed by atoms with Crippen molar-refractivity contribution >= 4 is 0 Å². The fourth-order valence-corrected chi connectivity index (χ4v) is 2.98. The van der Waals surface area contributed by atoms with Crippen molar-refractivity contribution in [3.05, 3.63) is 54.1 Å². The van der Waals surface area contributed by atoms with Gasteiger partial charge in [0.15, 0.2) is 0 Å². The highest BCUT2D eigenvalue weighted by Gasteiger charge is 2.65. The average molecular weight is 400 g/mol. The van der Waals surface area contributed by atoms with Gasteiger partial charge < -0.3 is 9.84 Å². The Labute approximate surface area is 163 Å². The summed E-state index contributed by atoms with van der Waals surface area (Å²) in [5.41, 5.74) is 4.06. The molecule has 0 atom stereocenters. The van der Waals surface area contributed by atoms with Crippen molar-refractivity contribution < 1.29 is 23.0 Å². The van der Waals surface area contributed by atoms with E-state index in [0.29, 0.717) is 28.3 Å². The number of aromatic nitrogens is 2. The molecule has 3 aromatic rings. The number of phenols is 1. The first-order chi connectivity index (χ1) is 13.8. The minimum Gasteiger partial charge on any atom is -0.507 e. The SMILES string of the molecule is C#CCOc1ccc(-c2cc(-c3cccc(C4(C(F)(F)F)NN4)c3)[nH]n2)c(O)c1. The number of hydrogen-bond donors (Lipinski definition) is 4. The maximum atomic E-state index is 13.3. The summed E-state index contributed by atoms with van der Waals surface area (Å²) in [5, 5.41) is 17.2. The number of aromatic hydroxyl groups is 1. The van der Waals surface area contributed by atoms with E-state index in [2.05, 4.69) is 27.0 Å². The second-order valence-corrected chi connectivity index (χ2v) is 6.42. The van der Waals surface area contributed by atoms with Crippen LogP contribution in [-0.4, -0.2) is 28.1 Å². The highest BCUT2D eigenvalue weighted by molar-refractivity contribution is 5.73. The predicted molar refractivity (Wildman–Crippen MR) is 99.5 cm³/mol. The lowest BCUT2D eigenvalue weighted by Gasteiger charge is -2.16. The molecule has 1 aliphatic heterocycles. The lowest BCUT2D eigenvalue weighted by molar-refractivity contribution is -0.165. The maximum Gasteiger partial charge on any atom is 0.426 e. The topological polar surface area (TPSA) is 102 Å². The third-order valence-electron chi connectivity index (χ3n) is 4.55. The van der Waals surface area contributed by atoms with Gasteiger partial charge in [-0.25, -0.2) is 10.9 Å². The van der Waals surface area contributed by atoms with Gasteiger partial charge in [-0.1, -0.05) is 24.1 Å². The Kier molecular flexibility index (Phi) is 4.45. The minimum atomic E-state index is -4.49. The Hall–Kier alpha value is -3.48. The highest BCUT2D eigenvalue weighted by Crippen LogP contribution is 2.43. The molecule has 0 bridgehead atoms. The van der Waals surface area contributed by atoms with Crippen molar-refractivity contribution in [2.24, 2.45) is 0 Å². The number of hydrogen-bond acceptors (Lipinski definition) is 5. The number of terminal acetylenes is 1. The largest absolute Gasteiger partial charge is 0.507 e. The fourth-order valence-electron chi connectivity index (χ4n) is 2.98. The van der Waals surface area contributed by atoms with E-state index in [4.69, 9.17) is 11.2 Å². The summed E-state index contributed by atoms with van der Waals surface area (Å²) >= 11 is 0. The van der Waals surface area contributed by atoms with Crippen molar-refractivity contribution in [3.63, 3.8) is 0 Å². The van der Waals surface area contributed by atoms with Crippen LogP contribution in [0, 0.1) is 12.3 Å². The molecular weight excluding hydrogens is 385 g/mol. The molecule has 29 heavy (non-hydrogen) atoms. The van der Waals surface area contributed by atoms with E-state index in [1.807, 2.05) is 0 Å². The van der Waals surface area contributed by atoms with Gasteiger partial charge in [0, 0.05) is 11.6 Å². The zero-order chi connectivity index (χ0) is 20.6. The normalized spacial score (nSPS) is 15.0. The van der Waals surface area contributed by atoms with Crippen LogP contribution in [0.1, 0.15) is 5.56 Å². The van der Waals surface area contributed by atoms with Crippen LogP contribution in [-0.2, 0) is 5.66 Å². The van der Waals surface area contributed by atoms with E-state index >= 15 is 0 Å². The summed E-state index contributed by atoms with van der Waals surface area (Å²) in [6.45, 7) is 0.0742. The summed E-state index contributed by atoms with van der Waals surface area (Å²) in [7, 11) is 0. The van der Waals surface area contributed by atoms with Gasteiger partial charge in [-0.2, -0.15) is 18.3 Å². The van der Waals surface area contributed by atoms with Crippen molar-refractivity contribution in [2.75, 3.05) is 6.61 Å². The van der Waals surface area contributed by atoms with Gasteiger partial charge in [0.1, 0.15) is 18.1 Å². The Morgan fingerprint density at radius 2 is 1.93 bits per heavy atom. The number of phenolic OH excluding ortho intramolecular Hbond substituents is 1. The lowest BCUT2D eigenvalue weighted by Crippen LogP contribution is -2.34. The molecule has 1 fully saturated rings. The first-order valence-electron chi connectivity index (χ1n) is 8.51. The number of halogens is 3. The molecule has 4 rings (SSSR count). The van der Waals surface area contributed by atoms with Crippen molar-refractivity contribution in [1.82, 2.24) is 21.0 Å². The van der Waals surface area contributed by atoms with Crippen LogP contribution in [0.4, 0.5) is 13.2 Å². The van der Waals surface area contributed by atoms with E-state index in [0.717, 1.165) is 0 Å². The number of ether oxygens (including phenoxy) is 1. The molecule has 0 saturated carbocycles. The van der Waals surface area contributed by atoms with E-state index in [1.165, 1.54) is 24.3 Å². The molecule has 4 N–H and O–H groups in total. The van der Waals surface area contributed by atoms with Gasteiger partial charge in [0.25, 0.3) is 0 Å². The van der Waals surface area contributed by atoms with Gasteiger partial charge in [0.2, 0.25) is 5.66 Å². The zero-order valence-electron chi connectivity index (χ0n) is 14.8. The number of H-pyrrole nitrogens is 1. The molecule has 1 aliphatic rings. The second-order valence-electron chi connectivity index (χ2n) is 6.42. The molecule has 0 radical (unpaired) electrons. The molecule has 2 heterocycles. The number of rotatable bonds is 5. The van der Waals surface area contributed by atoms with Gasteiger partial charge in [-0.3, -0.25) is 5.10 Å². The van der Waals surface area contributed by atoms with E-state index in [9.17, 15) is 18.3 Å². The number of hydrazine groups is 1. The van der Waals surface area contributed by atoms with Crippen molar-refractivity contribution in [2.45, 2.75) is 11.8 Å². The van der Waals surface area contributed by atoms with E-state index in [-0.39, 0.29) is 17.9 Å². The molecule has 0 amide bonds. The number of alkyl halides is 3. The van der Waals surface area contributed by atoms with Crippen molar-refractivity contribution in [3.8, 4) is 46.4 Å². The molecule has 0 aliphatic carbocycles. The Morgan fingerprint density at radius 1 is 1.14 bits per heavy atom. The van der Waals surface area contributed by atoms with E-state index < -0.39 is 11.8 Å². The summed E-state index contributed by atoms with van der Waals surface area (Å²) in [6.07, 6.45) is 0.650. The standard InChI is InChI=1S/C20H15F3N4O2/c1-2-8-29-14-6-7-15(18(28)10-14)17-11-16(24-25-17)12-4-3-5-13(9-12)19(26-27-19)20(21,22)23/h1,3-7,9-11,26-28H,8H2,(H,24,25). The minimum absolute atomic E-state index is 0.0384. The smallest absolute Gasteiger partial charge is 0.426 e. The Morgan fingerprint density at radius 3 is 2.59 bits per heavy atom. The average Bonchev–Trinajstić information content (AvgIpc) is 3.39. The number of benzene rings is 2. The highest BCUT2D eigenvalue weighted by atomic mass is 19.4. The Bertz CT molecular complexity index is 1100. The second kappa shape index (κ2) is 6.84.